The second kappa shape index (κ2) is 10.5. The number of fused-ring (bicyclic) bond motifs is 8. The molecule has 4 heterocycles. The monoisotopic (exact) mass is 654 g/mol. The van der Waals surface area contributed by atoms with Crippen LogP contribution in [-0.2, 0) is 0 Å². The maximum absolute atomic E-state index is 5.49. The fourth-order valence-electron chi connectivity index (χ4n) is 7.81. The molecule has 0 saturated heterocycles. The van der Waals surface area contributed by atoms with Crippen molar-refractivity contribution >= 4 is 81.4 Å². The maximum Gasteiger partial charge on any atom is 0.235 e. The number of para-hydroxylation sites is 1. The van der Waals surface area contributed by atoms with Gasteiger partial charge < -0.3 is 0 Å². The molecule has 0 bridgehead atoms. The molecule has 0 fully saturated rings. The lowest BCUT2D eigenvalue weighted by Gasteiger charge is -2.32. The van der Waals surface area contributed by atoms with Crippen LogP contribution in [0.3, 0.4) is 0 Å². The van der Waals surface area contributed by atoms with Crippen molar-refractivity contribution < 1.29 is 0 Å². The molecule has 7 aromatic carbocycles. The number of pyridine rings is 1. The molecule has 0 spiro atoms. The lowest BCUT2D eigenvalue weighted by atomic mass is 9.88. The number of rotatable bonds is 3. The number of aromatic nitrogens is 3. The molecule has 1 aliphatic heterocycles. The summed E-state index contributed by atoms with van der Waals surface area (Å²) < 4.78 is 2.29. The number of nitrogens with zero attached hydrogens (tertiary/aromatic N) is 4. The molecule has 11 rings (SSSR count). The van der Waals surface area contributed by atoms with Crippen LogP contribution >= 0.6 is 11.3 Å². The molecule has 10 aromatic rings. The first kappa shape index (κ1) is 27.5. The highest BCUT2D eigenvalue weighted by Gasteiger charge is 2.30. The van der Waals surface area contributed by atoms with E-state index in [-0.39, 0.29) is 0 Å². The van der Waals surface area contributed by atoms with Gasteiger partial charge in [-0.15, -0.1) is 11.3 Å². The molecule has 50 heavy (non-hydrogen) atoms. The van der Waals surface area contributed by atoms with Crippen LogP contribution < -0.4 is 4.90 Å². The predicted octanol–water partition coefficient (Wildman–Crippen LogP) is 12.5. The van der Waals surface area contributed by atoms with E-state index in [1.165, 1.54) is 37.4 Å². The summed E-state index contributed by atoms with van der Waals surface area (Å²) in [5, 5.41) is 7.12. The van der Waals surface area contributed by atoms with E-state index in [1.54, 1.807) is 11.3 Å². The summed E-state index contributed by atoms with van der Waals surface area (Å²) in [5.41, 5.74) is 10.8. The molecule has 0 atom stereocenters. The summed E-state index contributed by atoms with van der Waals surface area (Å²) in [4.78, 5) is 17.9. The van der Waals surface area contributed by atoms with Crippen LogP contribution in [-0.4, -0.2) is 15.0 Å². The lowest BCUT2D eigenvalue weighted by Crippen LogP contribution is -2.18. The van der Waals surface area contributed by atoms with Gasteiger partial charge in [0.25, 0.3) is 0 Å². The van der Waals surface area contributed by atoms with E-state index in [9.17, 15) is 0 Å². The molecule has 0 radical (unpaired) electrons. The Labute approximate surface area is 291 Å². The zero-order valence-corrected chi connectivity index (χ0v) is 27.5. The number of thiophene rings is 1. The van der Waals surface area contributed by atoms with Crippen LogP contribution in [0, 0.1) is 0 Å². The van der Waals surface area contributed by atoms with Gasteiger partial charge in [-0.1, -0.05) is 127 Å². The van der Waals surface area contributed by atoms with Gasteiger partial charge in [-0.3, -0.25) is 9.88 Å². The first-order valence-electron chi connectivity index (χ1n) is 16.8. The Balaban J connectivity index is 1.18. The summed E-state index contributed by atoms with van der Waals surface area (Å²) in [5.74, 6) is 0.664. The Kier molecular flexibility index (Phi) is 5.80. The fourth-order valence-corrected chi connectivity index (χ4v) is 8.96. The van der Waals surface area contributed by atoms with Gasteiger partial charge in [-0.05, 0) is 51.6 Å². The Hall–Kier alpha value is -6.43. The number of hydrogen-bond acceptors (Lipinski definition) is 5. The van der Waals surface area contributed by atoms with E-state index in [2.05, 4.69) is 150 Å². The van der Waals surface area contributed by atoms with Gasteiger partial charge in [0, 0.05) is 43.7 Å². The Morgan fingerprint density at radius 2 is 1.20 bits per heavy atom. The van der Waals surface area contributed by atoms with E-state index in [4.69, 9.17) is 15.0 Å². The number of benzene rings is 7. The van der Waals surface area contributed by atoms with Crippen molar-refractivity contribution in [3.05, 3.63) is 158 Å². The first-order valence-corrected chi connectivity index (χ1v) is 17.6. The molecule has 0 unspecified atom stereocenters. The number of hydrogen-bond donors (Lipinski definition) is 0. The zero-order chi connectivity index (χ0) is 32.8. The van der Waals surface area contributed by atoms with Crippen LogP contribution in [0.25, 0.3) is 86.3 Å². The highest BCUT2D eigenvalue weighted by Crippen LogP contribution is 2.53. The summed E-state index contributed by atoms with van der Waals surface area (Å²) in [6.07, 6.45) is 1.86. The topological polar surface area (TPSA) is 41.9 Å². The third-order valence-corrected chi connectivity index (χ3v) is 11.2. The minimum absolute atomic E-state index is 0.664. The van der Waals surface area contributed by atoms with E-state index in [0.29, 0.717) is 5.95 Å². The van der Waals surface area contributed by atoms with E-state index >= 15 is 0 Å². The summed E-state index contributed by atoms with van der Waals surface area (Å²) in [6.45, 7) is 0. The van der Waals surface area contributed by atoms with Crippen LogP contribution in [0.15, 0.2) is 158 Å². The predicted molar refractivity (Wildman–Crippen MR) is 210 cm³/mol. The molecule has 4 nitrogen and oxygen atoms in total. The molecule has 0 saturated carbocycles. The molecule has 232 valence electrons. The standard InChI is InChI=1S/C45H26N4S/c1-2-14-32-27(9-1)24-25-37-40(32)35-17-5-10-29-11-7-18-36(39(29)35)49(37)45-47-42(44-43(48-45)34-15-3-4-19-38(34)50-44)31-22-20-28(21-23-31)33-16-6-12-30-13-8-26-46-41(30)33/h1-26H. The minimum Gasteiger partial charge on any atom is -0.278 e. The number of anilines is 3. The fraction of sp³-hybridized carbons (Fsp3) is 0. The van der Waals surface area contributed by atoms with Crippen LogP contribution in [0.5, 0.6) is 0 Å². The third-order valence-electron chi connectivity index (χ3n) is 10.1. The van der Waals surface area contributed by atoms with Gasteiger partial charge in [-0.2, -0.15) is 0 Å². The normalized spacial score (nSPS) is 12.4. The van der Waals surface area contributed by atoms with Gasteiger partial charge in [0.1, 0.15) is 0 Å². The largest absolute Gasteiger partial charge is 0.278 e. The average molecular weight is 655 g/mol. The van der Waals surface area contributed by atoms with Crippen LogP contribution in [0.1, 0.15) is 0 Å². The highest BCUT2D eigenvalue weighted by atomic mass is 32.1. The van der Waals surface area contributed by atoms with E-state index in [0.717, 1.165) is 60.3 Å². The summed E-state index contributed by atoms with van der Waals surface area (Å²) >= 11 is 1.76. The average Bonchev–Trinajstić information content (AvgIpc) is 3.56. The lowest BCUT2D eigenvalue weighted by molar-refractivity contribution is 1.12. The molecule has 3 aromatic heterocycles. The van der Waals surface area contributed by atoms with Crippen LogP contribution in [0.4, 0.5) is 17.3 Å². The molecule has 0 amide bonds. The molecular weight excluding hydrogens is 629 g/mol. The minimum atomic E-state index is 0.664. The van der Waals surface area contributed by atoms with Gasteiger partial charge >= 0.3 is 0 Å². The quantitative estimate of drug-likeness (QED) is 0.190. The van der Waals surface area contributed by atoms with Crippen molar-refractivity contribution in [2.45, 2.75) is 0 Å². The van der Waals surface area contributed by atoms with Crippen molar-refractivity contribution in [1.82, 2.24) is 15.0 Å². The Morgan fingerprint density at radius 3 is 2.10 bits per heavy atom. The Morgan fingerprint density at radius 1 is 0.480 bits per heavy atom. The molecule has 0 aliphatic carbocycles. The van der Waals surface area contributed by atoms with Crippen LogP contribution in [0.2, 0.25) is 0 Å². The van der Waals surface area contributed by atoms with Crippen molar-refractivity contribution in [3.8, 4) is 33.5 Å². The van der Waals surface area contributed by atoms with Crippen molar-refractivity contribution in [1.29, 1.82) is 0 Å². The second-order valence-electron chi connectivity index (χ2n) is 12.8. The molecule has 0 N–H and O–H groups in total. The SMILES string of the molecule is c1ccc2c3c(ccc2c1)N(c1nc(-c2ccc(-c4cccc5cccnc45)cc2)c2sc4ccccc4c2n1)c1cccc2cccc-3c12. The smallest absolute Gasteiger partial charge is 0.235 e. The second-order valence-corrected chi connectivity index (χ2v) is 13.9. The van der Waals surface area contributed by atoms with Gasteiger partial charge in [0.05, 0.1) is 32.8 Å². The van der Waals surface area contributed by atoms with E-state index < -0.39 is 0 Å². The van der Waals surface area contributed by atoms with Gasteiger partial charge in [0.15, 0.2) is 0 Å². The highest BCUT2D eigenvalue weighted by molar-refractivity contribution is 7.26. The first-order chi connectivity index (χ1) is 24.8. The van der Waals surface area contributed by atoms with Crippen molar-refractivity contribution in [2.75, 3.05) is 4.90 Å². The third kappa shape index (κ3) is 3.95. The van der Waals surface area contributed by atoms with Gasteiger partial charge in [0.2, 0.25) is 5.95 Å². The summed E-state index contributed by atoms with van der Waals surface area (Å²) in [6, 6.07) is 54.1. The molecular formula is C45H26N4S. The van der Waals surface area contributed by atoms with Crippen molar-refractivity contribution in [2.24, 2.45) is 0 Å². The molecule has 5 heteroatoms. The van der Waals surface area contributed by atoms with E-state index in [1.807, 2.05) is 12.3 Å². The Bertz CT molecular complexity index is 2990. The summed E-state index contributed by atoms with van der Waals surface area (Å²) in [7, 11) is 0. The maximum atomic E-state index is 5.49. The van der Waals surface area contributed by atoms with Gasteiger partial charge in [-0.25, -0.2) is 9.97 Å². The van der Waals surface area contributed by atoms with Crippen molar-refractivity contribution in [3.63, 3.8) is 0 Å². The zero-order valence-electron chi connectivity index (χ0n) is 26.7. The molecule has 1 aliphatic rings.